The molecule has 0 aliphatic heterocycles. The molecule has 1 aromatic heterocycles. The molecule has 1 heterocycles. The largest absolute Gasteiger partial charge is 0.480 e. The molecule has 0 aliphatic carbocycles. The van der Waals surface area contributed by atoms with Crippen LogP contribution in [0.4, 0.5) is 0 Å². The van der Waals surface area contributed by atoms with Crippen LogP contribution in [0.3, 0.4) is 0 Å². The quantitative estimate of drug-likeness (QED) is 0.752. The molecule has 0 bridgehead atoms. The minimum atomic E-state index is -0.834. The molecule has 1 aromatic rings. The number of rotatable bonds is 4. The summed E-state index contributed by atoms with van der Waals surface area (Å²) in [4.78, 5) is 14.1. The van der Waals surface area contributed by atoms with Gasteiger partial charge in [-0.25, -0.2) is 0 Å². The van der Waals surface area contributed by atoms with E-state index in [0.29, 0.717) is 11.6 Å². The van der Waals surface area contributed by atoms with Crippen molar-refractivity contribution in [3.8, 4) is 0 Å². The summed E-state index contributed by atoms with van der Waals surface area (Å²) < 4.78 is 4.69. The summed E-state index contributed by atoms with van der Waals surface area (Å²) in [5.74, 6) is 0.0561. The SMILES string of the molecule is CC(SCc1ncno1)C(=O)O. The first-order chi connectivity index (χ1) is 5.70. The van der Waals surface area contributed by atoms with Gasteiger partial charge in [-0.15, -0.1) is 11.8 Å². The molecule has 0 saturated carbocycles. The molecule has 0 amide bonds. The molecular formula is C6H8N2O3S. The van der Waals surface area contributed by atoms with Gasteiger partial charge in [0.25, 0.3) is 0 Å². The number of thioether (sulfide) groups is 1. The molecule has 1 rings (SSSR count). The lowest BCUT2D eigenvalue weighted by molar-refractivity contribution is -0.136. The van der Waals surface area contributed by atoms with E-state index in [0.717, 1.165) is 0 Å². The van der Waals surface area contributed by atoms with Gasteiger partial charge in [-0.05, 0) is 6.92 Å². The highest BCUT2D eigenvalue weighted by Crippen LogP contribution is 2.15. The molecule has 1 N–H and O–H groups in total. The third-order valence-corrected chi connectivity index (χ3v) is 2.33. The van der Waals surface area contributed by atoms with E-state index in [1.807, 2.05) is 0 Å². The summed E-state index contributed by atoms with van der Waals surface area (Å²) in [6.07, 6.45) is 1.29. The predicted octanol–water partition coefficient (Wildman–Crippen LogP) is 0.776. The average Bonchev–Trinajstić information content (AvgIpc) is 2.51. The van der Waals surface area contributed by atoms with E-state index < -0.39 is 11.2 Å². The third-order valence-electron chi connectivity index (χ3n) is 1.21. The van der Waals surface area contributed by atoms with Crippen molar-refractivity contribution in [2.24, 2.45) is 0 Å². The lowest BCUT2D eigenvalue weighted by Crippen LogP contribution is -2.11. The van der Waals surface area contributed by atoms with E-state index in [1.165, 1.54) is 18.1 Å². The molecular weight excluding hydrogens is 180 g/mol. The first-order valence-electron chi connectivity index (χ1n) is 3.30. The average molecular weight is 188 g/mol. The maximum Gasteiger partial charge on any atom is 0.316 e. The van der Waals surface area contributed by atoms with Gasteiger partial charge >= 0.3 is 5.97 Å². The van der Waals surface area contributed by atoms with Crippen LogP contribution in [0.25, 0.3) is 0 Å². The minimum absolute atomic E-state index is 0.438. The van der Waals surface area contributed by atoms with E-state index in [2.05, 4.69) is 14.7 Å². The van der Waals surface area contributed by atoms with Crippen LogP contribution >= 0.6 is 11.8 Å². The Hall–Kier alpha value is -1.04. The van der Waals surface area contributed by atoms with Gasteiger partial charge < -0.3 is 9.63 Å². The molecule has 0 fully saturated rings. The summed E-state index contributed by atoms with van der Waals surface area (Å²) in [6.45, 7) is 1.61. The monoisotopic (exact) mass is 188 g/mol. The molecule has 0 aromatic carbocycles. The lowest BCUT2D eigenvalue weighted by Gasteiger charge is -2.01. The van der Waals surface area contributed by atoms with E-state index >= 15 is 0 Å². The van der Waals surface area contributed by atoms with Crippen LogP contribution in [-0.2, 0) is 10.5 Å². The summed E-state index contributed by atoms with van der Waals surface area (Å²) >= 11 is 1.25. The van der Waals surface area contributed by atoms with E-state index in [4.69, 9.17) is 5.11 Å². The zero-order valence-electron chi connectivity index (χ0n) is 6.43. The molecule has 5 nitrogen and oxygen atoms in total. The summed E-state index contributed by atoms with van der Waals surface area (Å²) in [6, 6.07) is 0. The Bertz CT molecular complexity index is 249. The fourth-order valence-corrected chi connectivity index (χ4v) is 1.19. The second-order valence-corrected chi connectivity index (χ2v) is 3.46. The van der Waals surface area contributed by atoms with Gasteiger partial charge in [-0.3, -0.25) is 4.79 Å². The van der Waals surface area contributed by atoms with Gasteiger partial charge in [-0.2, -0.15) is 4.98 Å². The fraction of sp³-hybridized carbons (Fsp3) is 0.500. The van der Waals surface area contributed by atoms with Gasteiger partial charge in [0.15, 0.2) is 6.33 Å². The minimum Gasteiger partial charge on any atom is -0.480 e. The van der Waals surface area contributed by atoms with Crippen molar-refractivity contribution in [1.29, 1.82) is 0 Å². The van der Waals surface area contributed by atoms with Crippen LogP contribution in [0, 0.1) is 0 Å². The smallest absolute Gasteiger partial charge is 0.316 e. The zero-order valence-corrected chi connectivity index (χ0v) is 7.24. The topological polar surface area (TPSA) is 76.2 Å². The number of carbonyl (C=O) groups is 1. The van der Waals surface area contributed by atoms with Crippen LogP contribution < -0.4 is 0 Å². The molecule has 1 unspecified atom stereocenters. The number of aromatic nitrogens is 2. The normalized spacial score (nSPS) is 12.8. The number of hydrogen-bond acceptors (Lipinski definition) is 5. The first kappa shape index (κ1) is 9.05. The molecule has 0 aliphatic rings. The highest BCUT2D eigenvalue weighted by molar-refractivity contribution is 7.99. The van der Waals surface area contributed by atoms with Gasteiger partial charge in [0.2, 0.25) is 5.89 Å². The van der Waals surface area contributed by atoms with Crippen LogP contribution in [0.5, 0.6) is 0 Å². The maximum atomic E-state index is 10.4. The number of carboxylic acids is 1. The second-order valence-electron chi connectivity index (χ2n) is 2.13. The molecule has 0 saturated heterocycles. The summed E-state index contributed by atoms with van der Waals surface area (Å²) in [5.41, 5.74) is 0. The van der Waals surface area contributed by atoms with Crippen molar-refractivity contribution in [2.75, 3.05) is 0 Å². The van der Waals surface area contributed by atoms with Gasteiger partial charge in [0.1, 0.15) is 0 Å². The number of hydrogen-bond donors (Lipinski definition) is 1. The highest BCUT2D eigenvalue weighted by Gasteiger charge is 2.12. The zero-order chi connectivity index (χ0) is 8.97. The fourth-order valence-electron chi connectivity index (χ4n) is 0.527. The second kappa shape index (κ2) is 4.10. The van der Waals surface area contributed by atoms with Gasteiger partial charge in [-0.1, -0.05) is 5.16 Å². The number of nitrogens with zero attached hydrogens (tertiary/aromatic N) is 2. The number of carboxylic acid groups (broad SMARTS) is 1. The van der Waals surface area contributed by atoms with E-state index in [-0.39, 0.29) is 0 Å². The van der Waals surface area contributed by atoms with Crippen molar-refractivity contribution in [1.82, 2.24) is 10.1 Å². The molecule has 0 spiro atoms. The van der Waals surface area contributed by atoms with Crippen molar-refractivity contribution >= 4 is 17.7 Å². The van der Waals surface area contributed by atoms with Crippen molar-refractivity contribution in [2.45, 2.75) is 17.9 Å². The summed E-state index contributed by atoms with van der Waals surface area (Å²) in [7, 11) is 0. The molecule has 6 heteroatoms. The predicted molar refractivity (Wildman–Crippen MR) is 42.7 cm³/mol. The summed E-state index contributed by atoms with van der Waals surface area (Å²) in [5, 5.41) is 11.5. The van der Waals surface area contributed by atoms with Crippen molar-refractivity contribution in [3.63, 3.8) is 0 Å². The number of aliphatic carboxylic acids is 1. The Labute approximate surface area is 73.2 Å². The molecule has 1 atom stereocenters. The van der Waals surface area contributed by atoms with Gasteiger partial charge in [0, 0.05) is 0 Å². The third kappa shape index (κ3) is 2.54. The Balaban J connectivity index is 2.31. The molecule has 12 heavy (non-hydrogen) atoms. The Kier molecular flexibility index (Phi) is 3.09. The van der Waals surface area contributed by atoms with Crippen molar-refractivity contribution in [3.05, 3.63) is 12.2 Å². The Morgan fingerprint density at radius 2 is 2.67 bits per heavy atom. The van der Waals surface area contributed by atoms with Crippen LogP contribution in [-0.4, -0.2) is 26.5 Å². The van der Waals surface area contributed by atoms with Gasteiger partial charge in [0.05, 0.1) is 11.0 Å². The standard InChI is InChI=1S/C6H8N2O3S/c1-4(6(9)10)12-2-5-7-3-8-11-5/h3-4H,2H2,1H3,(H,9,10). The molecule has 66 valence electrons. The Morgan fingerprint density at radius 3 is 3.17 bits per heavy atom. The molecule has 0 radical (unpaired) electrons. The van der Waals surface area contributed by atoms with E-state index in [1.54, 1.807) is 6.92 Å². The van der Waals surface area contributed by atoms with E-state index in [9.17, 15) is 4.79 Å². The highest BCUT2D eigenvalue weighted by atomic mass is 32.2. The van der Waals surface area contributed by atoms with Crippen LogP contribution in [0.15, 0.2) is 10.9 Å². The lowest BCUT2D eigenvalue weighted by atomic mass is 10.5. The Morgan fingerprint density at radius 1 is 1.92 bits per heavy atom. The first-order valence-corrected chi connectivity index (χ1v) is 4.35. The van der Waals surface area contributed by atoms with Crippen molar-refractivity contribution < 1.29 is 14.4 Å². The maximum absolute atomic E-state index is 10.4. The van der Waals surface area contributed by atoms with Crippen LogP contribution in [0.1, 0.15) is 12.8 Å². The van der Waals surface area contributed by atoms with Crippen LogP contribution in [0.2, 0.25) is 0 Å².